The fraction of sp³-hybridized carbons (Fsp3) is 0.750. The molecule has 0 amide bonds. The van der Waals surface area contributed by atoms with Gasteiger partial charge in [-0.2, -0.15) is 0 Å². The second-order valence-corrected chi connectivity index (χ2v) is 1.39. The molecular weight excluding hydrogens is 154 g/mol. The lowest BCUT2D eigenvalue weighted by molar-refractivity contribution is -0.134. The summed E-state index contributed by atoms with van der Waals surface area (Å²) in [5.74, 6) is -0.833. The molecule has 0 saturated heterocycles. The number of carboxylic acid groups (broad SMARTS) is 1. The molecule has 0 aromatic rings. The van der Waals surface area contributed by atoms with Crippen LogP contribution in [-0.2, 0) is 4.79 Å². The zero-order valence-electron chi connectivity index (χ0n) is 5.88. The molecule has 3 N–H and O–H groups in total. The highest BCUT2D eigenvalue weighted by atomic mass is 16.4. The summed E-state index contributed by atoms with van der Waals surface area (Å²) in [6.45, 7) is 0.560. The first-order chi connectivity index (χ1) is 5.04. The van der Waals surface area contributed by atoms with E-state index in [4.69, 9.17) is 25.6 Å². The molecule has 0 fully saturated rings. The number of hydrogen-bond donors (Lipinski definition) is 3. The van der Waals surface area contributed by atoms with E-state index in [0.717, 1.165) is 6.92 Å². The summed E-state index contributed by atoms with van der Waals surface area (Å²) in [6.07, 6.45) is -1.29. The van der Waals surface area contributed by atoms with Gasteiger partial charge in [0.2, 0.25) is 0 Å². The summed E-state index contributed by atoms with van der Waals surface area (Å²) < 4.78 is 0. The maximum atomic E-state index is 9.00. The fourth-order valence-corrected chi connectivity index (χ4v) is 0.0961. The van der Waals surface area contributed by atoms with Crippen molar-refractivity contribution in [1.82, 2.24) is 0 Å². The van der Waals surface area contributed by atoms with Gasteiger partial charge in [-0.05, 0) is 5.53 Å². The van der Waals surface area contributed by atoms with Gasteiger partial charge >= 0.3 is 0 Å². The molecule has 0 rings (SSSR count). The Balaban J connectivity index is 0. The van der Waals surface area contributed by atoms with E-state index in [2.05, 4.69) is 10.0 Å². The monoisotopic (exact) mass is 163 g/mol. The van der Waals surface area contributed by atoms with E-state index in [9.17, 15) is 0 Å². The van der Waals surface area contributed by atoms with E-state index in [1.54, 1.807) is 0 Å². The van der Waals surface area contributed by atoms with Crippen LogP contribution in [0.3, 0.4) is 0 Å². The molecule has 7 heteroatoms. The van der Waals surface area contributed by atoms with Gasteiger partial charge in [0.15, 0.2) is 6.23 Å². The normalized spacial score (nSPS) is 10.1. The third-order valence-corrected chi connectivity index (χ3v) is 0.348. The van der Waals surface area contributed by atoms with E-state index in [1.807, 2.05) is 0 Å². The zero-order valence-corrected chi connectivity index (χ0v) is 5.88. The molecule has 0 saturated carbocycles. The Hall–Kier alpha value is -1.30. The Morgan fingerprint density at radius 1 is 1.82 bits per heavy atom. The second-order valence-electron chi connectivity index (χ2n) is 1.39. The Labute approximate surface area is 62.5 Å². The van der Waals surface area contributed by atoms with E-state index in [0.29, 0.717) is 0 Å². The van der Waals surface area contributed by atoms with Crippen LogP contribution in [0.2, 0.25) is 0 Å². The van der Waals surface area contributed by atoms with Crippen LogP contribution in [0.1, 0.15) is 6.92 Å². The van der Waals surface area contributed by atoms with Crippen LogP contribution in [-0.4, -0.2) is 34.1 Å². The summed E-state index contributed by atoms with van der Waals surface area (Å²) >= 11 is 0. The highest BCUT2D eigenvalue weighted by Gasteiger charge is 1.91. The third kappa shape index (κ3) is 28.5. The Kier molecular flexibility index (Phi) is 9.79. The number of aliphatic hydroxyl groups is 2. The highest BCUT2D eigenvalue weighted by Crippen LogP contribution is 1.79. The van der Waals surface area contributed by atoms with E-state index >= 15 is 0 Å². The first-order valence-electron chi connectivity index (χ1n) is 2.57. The van der Waals surface area contributed by atoms with Gasteiger partial charge < -0.3 is 15.3 Å². The first-order valence-corrected chi connectivity index (χ1v) is 2.57. The van der Waals surface area contributed by atoms with Crippen LogP contribution in [0.4, 0.5) is 0 Å². The smallest absolute Gasteiger partial charge is 0.300 e. The summed E-state index contributed by atoms with van der Waals surface area (Å²) in [7, 11) is 0. The van der Waals surface area contributed by atoms with Gasteiger partial charge in [-0.3, -0.25) is 4.79 Å². The maximum Gasteiger partial charge on any atom is 0.300 e. The van der Waals surface area contributed by atoms with Crippen LogP contribution >= 0.6 is 0 Å². The van der Waals surface area contributed by atoms with Gasteiger partial charge in [-0.1, -0.05) is 5.11 Å². The number of carbonyl (C=O) groups is 1. The average Bonchev–Trinajstić information content (AvgIpc) is 1.87. The number of hydrogen-bond acceptors (Lipinski definition) is 4. The summed E-state index contributed by atoms with van der Waals surface area (Å²) in [4.78, 5) is 11.2. The summed E-state index contributed by atoms with van der Waals surface area (Å²) in [5.41, 5.74) is 7.56. The minimum absolute atomic E-state index is 0.524. The molecule has 11 heavy (non-hydrogen) atoms. The quantitative estimate of drug-likeness (QED) is 0.293. The second kappa shape index (κ2) is 8.70. The van der Waals surface area contributed by atoms with Crippen LogP contribution < -0.4 is 0 Å². The molecule has 0 aliphatic heterocycles. The summed E-state index contributed by atoms with van der Waals surface area (Å²) in [6, 6.07) is 0. The Morgan fingerprint density at radius 3 is 2.27 bits per heavy atom. The standard InChI is InChI=1S/C2H5N3O2.C2H4O2/c3-5-4-2(7)1-6;1-2(3)4/h2,6-7H,1H2;1H3,(H,3,4). The average molecular weight is 163 g/mol. The predicted molar refractivity (Wildman–Crippen MR) is 35.5 cm³/mol. The first kappa shape index (κ1) is 12.4. The SMILES string of the molecule is CC(=O)O.[N-]=[N+]=NC(O)CO. The highest BCUT2D eigenvalue weighted by molar-refractivity contribution is 5.62. The van der Waals surface area contributed by atoms with Crippen molar-refractivity contribution < 1.29 is 20.1 Å². The molecule has 1 unspecified atom stereocenters. The van der Waals surface area contributed by atoms with Gasteiger partial charge in [-0.15, -0.1) is 0 Å². The minimum atomic E-state index is -1.29. The molecule has 0 radical (unpaired) electrons. The van der Waals surface area contributed by atoms with Crippen molar-refractivity contribution in [3.8, 4) is 0 Å². The van der Waals surface area contributed by atoms with Gasteiger partial charge in [0, 0.05) is 11.8 Å². The molecule has 0 aliphatic rings. The van der Waals surface area contributed by atoms with Crippen molar-refractivity contribution >= 4 is 5.97 Å². The lowest BCUT2D eigenvalue weighted by atomic mass is 10.7. The van der Waals surface area contributed by atoms with Crippen molar-refractivity contribution in [2.24, 2.45) is 5.11 Å². The number of rotatable bonds is 2. The Morgan fingerprint density at radius 2 is 2.18 bits per heavy atom. The maximum absolute atomic E-state index is 9.00. The minimum Gasteiger partial charge on any atom is -0.481 e. The largest absolute Gasteiger partial charge is 0.481 e. The van der Waals surface area contributed by atoms with Crippen LogP contribution in [0.25, 0.3) is 10.4 Å². The third-order valence-electron chi connectivity index (χ3n) is 0.348. The van der Waals surface area contributed by atoms with Crippen molar-refractivity contribution in [2.75, 3.05) is 6.61 Å². The molecular formula is C4H9N3O4. The topological polar surface area (TPSA) is 127 Å². The van der Waals surface area contributed by atoms with Gasteiger partial charge in [0.25, 0.3) is 5.97 Å². The Bertz CT molecular complexity index is 149. The molecule has 64 valence electrons. The van der Waals surface area contributed by atoms with Gasteiger partial charge in [0.05, 0.1) is 6.61 Å². The number of aliphatic hydroxyl groups excluding tert-OH is 2. The molecule has 0 aromatic carbocycles. The number of carboxylic acids is 1. The molecule has 0 spiro atoms. The molecule has 0 bridgehead atoms. The van der Waals surface area contributed by atoms with Crippen molar-refractivity contribution in [3.63, 3.8) is 0 Å². The molecule has 1 atom stereocenters. The van der Waals surface area contributed by atoms with E-state index < -0.39 is 18.8 Å². The lowest BCUT2D eigenvalue weighted by Crippen LogP contribution is -2.05. The van der Waals surface area contributed by atoms with Crippen LogP contribution in [0.15, 0.2) is 5.11 Å². The lowest BCUT2D eigenvalue weighted by Gasteiger charge is -1.91. The number of aliphatic carboxylic acids is 1. The van der Waals surface area contributed by atoms with Crippen molar-refractivity contribution in [3.05, 3.63) is 10.4 Å². The molecule has 0 heterocycles. The van der Waals surface area contributed by atoms with Crippen molar-refractivity contribution in [2.45, 2.75) is 13.2 Å². The van der Waals surface area contributed by atoms with Crippen molar-refractivity contribution in [1.29, 1.82) is 0 Å². The zero-order chi connectivity index (χ0) is 9.28. The predicted octanol–water partition coefficient (Wildman–Crippen LogP) is -0.302. The van der Waals surface area contributed by atoms with Crippen LogP contribution in [0.5, 0.6) is 0 Å². The summed E-state index contributed by atoms with van der Waals surface area (Å²) in [5, 5.41) is 26.3. The molecule has 0 aliphatic carbocycles. The van der Waals surface area contributed by atoms with E-state index in [-0.39, 0.29) is 0 Å². The fourth-order valence-electron chi connectivity index (χ4n) is 0.0961. The van der Waals surface area contributed by atoms with Gasteiger partial charge in [0.1, 0.15) is 0 Å². The van der Waals surface area contributed by atoms with Gasteiger partial charge in [-0.25, -0.2) is 0 Å². The number of nitrogens with zero attached hydrogens (tertiary/aromatic N) is 3. The van der Waals surface area contributed by atoms with Crippen LogP contribution in [0, 0.1) is 0 Å². The van der Waals surface area contributed by atoms with E-state index in [1.165, 1.54) is 0 Å². The number of azide groups is 1. The molecule has 7 nitrogen and oxygen atoms in total. The molecule has 0 aromatic heterocycles.